The van der Waals surface area contributed by atoms with Gasteiger partial charge in [0.2, 0.25) is 5.95 Å². The summed E-state index contributed by atoms with van der Waals surface area (Å²) in [6.45, 7) is 0.401. The first-order chi connectivity index (χ1) is 13.0. The van der Waals surface area contributed by atoms with Gasteiger partial charge in [0, 0.05) is 17.8 Å². The maximum absolute atomic E-state index is 13.2. The van der Waals surface area contributed by atoms with E-state index in [2.05, 4.69) is 25.6 Å². The Balaban J connectivity index is 1.83. The minimum absolute atomic E-state index is 0.143. The Morgan fingerprint density at radius 2 is 1.96 bits per heavy atom. The summed E-state index contributed by atoms with van der Waals surface area (Å²) in [6, 6.07) is 8.43. The van der Waals surface area contributed by atoms with E-state index >= 15 is 0 Å². The molecule has 2 heterocycles. The number of carbonyl (C=O) groups is 1. The maximum Gasteiger partial charge on any atom is 0.281 e. The fourth-order valence-electron chi connectivity index (χ4n) is 2.51. The Labute approximate surface area is 159 Å². The van der Waals surface area contributed by atoms with Crippen LogP contribution in [0.1, 0.15) is 28.0 Å². The van der Waals surface area contributed by atoms with E-state index in [1.54, 1.807) is 31.3 Å². The molecule has 2 aromatic heterocycles. The Bertz CT molecular complexity index is 943. The average molecular weight is 392 g/mol. The molecule has 0 fully saturated rings. The van der Waals surface area contributed by atoms with E-state index in [9.17, 15) is 13.6 Å². The first kappa shape index (κ1) is 18.9. The predicted molar refractivity (Wildman–Crippen MR) is 98.9 cm³/mol. The Kier molecular flexibility index (Phi) is 5.78. The second kappa shape index (κ2) is 8.24. The van der Waals surface area contributed by atoms with Crippen LogP contribution in [0.4, 0.5) is 14.7 Å². The SMILES string of the molecule is CNCc1cnc(C(F)F)c(C(=O)Nc2ncc(-c3ccc(Cl)cc3)[nH]2)c1. The molecule has 0 radical (unpaired) electrons. The van der Waals surface area contributed by atoms with E-state index < -0.39 is 18.0 Å². The minimum atomic E-state index is -2.87. The van der Waals surface area contributed by atoms with Crippen LogP contribution in [0.3, 0.4) is 0 Å². The number of amides is 1. The highest BCUT2D eigenvalue weighted by molar-refractivity contribution is 6.30. The fourth-order valence-corrected chi connectivity index (χ4v) is 2.64. The molecule has 0 aliphatic heterocycles. The quantitative estimate of drug-likeness (QED) is 0.592. The number of aromatic nitrogens is 3. The van der Waals surface area contributed by atoms with Gasteiger partial charge in [-0.1, -0.05) is 23.7 Å². The van der Waals surface area contributed by atoms with Crippen LogP contribution in [-0.2, 0) is 6.54 Å². The molecule has 3 aromatic rings. The van der Waals surface area contributed by atoms with Gasteiger partial charge in [-0.25, -0.2) is 13.8 Å². The summed E-state index contributed by atoms with van der Waals surface area (Å²) < 4.78 is 26.4. The molecule has 140 valence electrons. The van der Waals surface area contributed by atoms with E-state index in [1.807, 2.05) is 0 Å². The van der Waals surface area contributed by atoms with E-state index in [4.69, 9.17) is 11.6 Å². The second-order valence-corrected chi connectivity index (χ2v) is 6.15. The van der Waals surface area contributed by atoms with Gasteiger partial charge in [0.25, 0.3) is 12.3 Å². The summed E-state index contributed by atoms with van der Waals surface area (Å²) in [7, 11) is 1.71. The normalized spacial score (nSPS) is 11.0. The van der Waals surface area contributed by atoms with Crippen molar-refractivity contribution in [2.75, 3.05) is 12.4 Å². The third-order valence-electron chi connectivity index (χ3n) is 3.77. The van der Waals surface area contributed by atoms with Crippen molar-refractivity contribution in [2.45, 2.75) is 13.0 Å². The van der Waals surface area contributed by atoms with Crippen LogP contribution in [0.2, 0.25) is 5.02 Å². The molecule has 9 heteroatoms. The van der Waals surface area contributed by atoms with Gasteiger partial charge in [0.15, 0.2) is 0 Å². The van der Waals surface area contributed by atoms with Crippen molar-refractivity contribution in [3.63, 3.8) is 0 Å². The number of rotatable bonds is 6. The lowest BCUT2D eigenvalue weighted by molar-refractivity contribution is 0.100. The summed E-state index contributed by atoms with van der Waals surface area (Å²) in [5.41, 5.74) is 1.32. The molecule has 27 heavy (non-hydrogen) atoms. The minimum Gasteiger partial charge on any atom is -0.324 e. The third-order valence-corrected chi connectivity index (χ3v) is 4.02. The molecular weight excluding hydrogens is 376 g/mol. The Morgan fingerprint density at radius 1 is 1.22 bits per heavy atom. The van der Waals surface area contributed by atoms with Gasteiger partial charge in [0.05, 0.1) is 17.5 Å². The van der Waals surface area contributed by atoms with Gasteiger partial charge < -0.3 is 10.3 Å². The van der Waals surface area contributed by atoms with Gasteiger partial charge in [-0.15, -0.1) is 0 Å². The third kappa shape index (κ3) is 4.47. The Morgan fingerprint density at radius 3 is 2.63 bits per heavy atom. The molecule has 0 unspecified atom stereocenters. The molecule has 0 bridgehead atoms. The number of alkyl halides is 2. The van der Waals surface area contributed by atoms with Crippen LogP contribution in [0.5, 0.6) is 0 Å². The van der Waals surface area contributed by atoms with Crippen molar-refractivity contribution in [1.29, 1.82) is 0 Å². The lowest BCUT2D eigenvalue weighted by atomic mass is 10.1. The number of pyridine rings is 1. The van der Waals surface area contributed by atoms with Crippen LogP contribution < -0.4 is 10.6 Å². The van der Waals surface area contributed by atoms with E-state index in [0.717, 1.165) is 5.56 Å². The van der Waals surface area contributed by atoms with Crippen LogP contribution in [0.15, 0.2) is 42.7 Å². The zero-order valence-electron chi connectivity index (χ0n) is 14.3. The molecule has 1 aromatic carbocycles. The van der Waals surface area contributed by atoms with Crippen molar-refractivity contribution in [2.24, 2.45) is 0 Å². The molecule has 0 spiro atoms. The number of aromatic amines is 1. The summed E-state index contributed by atoms with van der Waals surface area (Å²) in [5.74, 6) is -0.572. The lowest BCUT2D eigenvalue weighted by Crippen LogP contribution is -2.18. The molecule has 6 nitrogen and oxygen atoms in total. The molecule has 0 aliphatic rings. The zero-order chi connectivity index (χ0) is 19.4. The molecule has 0 saturated carbocycles. The summed E-state index contributed by atoms with van der Waals surface area (Å²) in [6.07, 6.45) is -0.0151. The van der Waals surface area contributed by atoms with Crippen molar-refractivity contribution in [3.05, 3.63) is 64.6 Å². The summed E-state index contributed by atoms with van der Waals surface area (Å²) >= 11 is 5.86. The molecule has 3 N–H and O–H groups in total. The second-order valence-electron chi connectivity index (χ2n) is 5.71. The Hall–Kier alpha value is -2.84. The first-order valence-corrected chi connectivity index (χ1v) is 8.39. The number of hydrogen-bond acceptors (Lipinski definition) is 4. The lowest BCUT2D eigenvalue weighted by Gasteiger charge is -2.10. The number of hydrogen-bond donors (Lipinski definition) is 3. The van der Waals surface area contributed by atoms with Crippen molar-refractivity contribution < 1.29 is 13.6 Å². The van der Waals surface area contributed by atoms with E-state index in [0.29, 0.717) is 22.8 Å². The van der Waals surface area contributed by atoms with Gasteiger partial charge in [0.1, 0.15) is 5.69 Å². The number of anilines is 1. The largest absolute Gasteiger partial charge is 0.324 e. The van der Waals surface area contributed by atoms with Crippen LogP contribution in [0, 0.1) is 0 Å². The summed E-state index contributed by atoms with van der Waals surface area (Å²) in [4.78, 5) is 23.2. The predicted octanol–water partition coefficient (Wildman–Crippen LogP) is 4.03. The highest BCUT2D eigenvalue weighted by Crippen LogP contribution is 2.24. The van der Waals surface area contributed by atoms with Crippen LogP contribution >= 0.6 is 11.6 Å². The topological polar surface area (TPSA) is 82.7 Å². The molecule has 0 aliphatic carbocycles. The zero-order valence-corrected chi connectivity index (χ0v) is 15.0. The first-order valence-electron chi connectivity index (χ1n) is 8.02. The van der Waals surface area contributed by atoms with Crippen molar-refractivity contribution in [1.82, 2.24) is 20.3 Å². The van der Waals surface area contributed by atoms with Crippen LogP contribution in [0.25, 0.3) is 11.3 Å². The number of H-pyrrole nitrogens is 1. The number of nitrogens with zero attached hydrogens (tertiary/aromatic N) is 2. The standard InChI is InChI=1S/C18H16ClF2N5O/c1-22-7-10-6-13(15(16(20)21)23-8-10)17(27)26-18-24-9-14(25-18)11-2-4-12(19)5-3-11/h2-6,8-9,16,22H,7H2,1H3,(H2,24,25,26,27). The number of nitrogens with one attached hydrogen (secondary N) is 3. The van der Waals surface area contributed by atoms with Crippen molar-refractivity contribution in [3.8, 4) is 11.3 Å². The number of carbonyl (C=O) groups excluding carboxylic acids is 1. The molecule has 1 amide bonds. The van der Waals surface area contributed by atoms with Crippen molar-refractivity contribution >= 4 is 23.5 Å². The highest BCUT2D eigenvalue weighted by atomic mass is 35.5. The van der Waals surface area contributed by atoms with E-state index in [-0.39, 0.29) is 11.5 Å². The number of imidazole rings is 1. The van der Waals surface area contributed by atoms with Gasteiger partial charge in [-0.3, -0.25) is 15.1 Å². The average Bonchev–Trinajstić information content (AvgIpc) is 3.10. The van der Waals surface area contributed by atoms with Gasteiger partial charge >= 0.3 is 0 Å². The van der Waals surface area contributed by atoms with Gasteiger partial charge in [-0.2, -0.15) is 0 Å². The fraction of sp³-hybridized carbons (Fsp3) is 0.167. The number of halogens is 3. The summed E-state index contributed by atoms with van der Waals surface area (Å²) in [5, 5.41) is 5.98. The maximum atomic E-state index is 13.2. The van der Waals surface area contributed by atoms with Crippen LogP contribution in [-0.4, -0.2) is 27.9 Å². The molecular formula is C18H16ClF2N5O. The van der Waals surface area contributed by atoms with Gasteiger partial charge in [-0.05, 0) is 36.4 Å². The molecule has 3 rings (SSSR count). The molecule has 0 atom stereocenters. The smallest absolute Gasteiger partial charge is 0.281 e. The molecule has 0 saturated heterocycles. The monoisotopic (exact) mass is 391 g/mol. The number of benzene rings is 1. The van der Waals surface area contributed by atoms with E-state index in [1.165, 1.54) is 18.5 Å². The highest BCUT2D eigenvalue weighted by Gasteiger charge is 2.21.